The van der Waals surface area contributed by atoms with Gasteiger partial charge in [-0.15, -0.1) is 0 Å². The highest BCUT2D eigenvalue weighted by Crippen LogP contribution is 2.28. The maximum Gasteiger partial charge on any atom is 0.254 e. The number of amides is 3. The van der Waals surface area contributed by atoms with E-state index in [0.717, 1.165) is 6.08 Å². The van der Waals surface area contributed by atoms with Crippen LogP contribution in [-0.2, 0) is 14.4 Å². The molecule has 0 aromatic carbocycles. The lowest BCUT2D eigenvalue weighted by Crippen LogP contribution is -2.55. The summed E-state index contributed by atoms with van der Waals surface area (Å²) in [6, 6.07) is -0.775. The summed E-state index contributed by atoms with van der Waals surface area (Å²) in [6.45, 7) is 0.682. The third-order valence-corrected chi connectivity index (χ3v) is 4.18. The predicted molar refractivity (Wildman–Crippen MR) is 79.6 cm³/mol. The number of halogens is 2. The highest BCUT2D eigenvalue weighted by molar-refractivity contribution is 6.05. The van der Waals surface area contributed by atoms with Gasteiger partial charge in [0.2, 0.25) is 11.8 Å². The van der Waals surface area contributed by atoms with Crippen molar-refractivity contribution < 1.29 is 23.2 Å². The van der Waals surface area contributed by atoms with Crippen molar-refractivity contribution in [3.63, 3.8) is 0 Å². The van der Waals surface area contributed by atoms with E-state index in [2.05, 4.69) is 5.32 Å². The molecule has 2 aliphatic heterocycles. The summed E-state index contributed by atoms with van der Waals surface area (Å²) in [5, 5.41) is 2.21. The van der Waals surface area contributed by atoms with Gasteiger partial charge in [0.1, 0.15) is 18.5 Å². The van der Waals surface area contributed by atoms with Crippen LogP contribution in [-0.4, -0.2) is 41.9 Å². The van der Waals surface area contributed by atoms with Crippen LogP contribution in [0.3, 0.4) is 0 Å². The Labute approximate surface area is 133 Å². The van der Waals surface area contributed by atoms with Gasteiger partial charge in [-0.2, -0.15) is 0 Å². The molecule has 2 rings (SSSR count). The highest BCUT2D eigenvalue weighted by Gasteiger charge is 2.36. The molecular weight excluding hydrogens is 306 g/mol. The molecular formula is C16H20F2N2O3. The first-order valence-electron chi connectivity index (χ1n) is 7.72. The number of rotatable bonds is 2. The van der Waals surface area contributed by atoms with Crippen molar-refractivity contribution in [2.24, 2.45) is 0 Å². The normalized spacial score (nSPS) is 27.6. The number of hydrogen-bond donors (Lipinski definition) is 1. The van der Waals surface area contributed by atoms with Gasteiger partial charge in [0.25, 0.3) is 5.91 Å². The molecule has 126 valence electrons. The standard InChI is InChI=1S/C16H20F2N2O3/c1-10(18)11-4-2-3-9-20(16(23)12(11)7-8-17)13-5-6-14(21)19-15(13)22/h7,13H,2-6,8-9H2,1H3,(H,19,21,22)/b11-10+,12-7+. The fourth-order valence-electron chi connectivity index (χ4n) is 3.03. The van der Waals surface area contributed by atoms with Gasteiger partial charge in [0.05, 0.1) is 0 Å². The van der Waals surface area contributed by atoms with E-state index in [9.17, 15) is 23.2 Å². The summed E-state index contributed by atoms with van der Waals surface area (Å²) in [5.41, 5.74) is 0.182. The van der Waals surface area contributed by atoms with Crippen molar-refractivity contribution >= 4 is 17.7 Å². The van der Waals surface area contributed by atoms with E-state index >= 15 is 0 Å². The molecule has 0 aliphatic carbocycles. The van der Waals surface area contributed by atoms with Crippen LogP contribution < -0.4 is 5.32 Å². The lowest BCUT2D eigenvalue weighted by molar-refractivity contribution is -0.144. The molecule has 1 unspecified atom stereocenters. The Bertz CT molecular complexity index is 580. The Morgan fingerprint density at radius 2 is 2.04 bits per heavy atom. The second kappa shape index (κ2) is 7.48. The van der Waals surface area contributed by atoms with Gasteiger partial charge >= 0.3 is 0 Å². The van der Waals surface area contributed by atoms with Gasteiger partial charge < -0.3 is 4.90 Å². The lowest BCUT2D eigenvalue weighted by Gasteiger charge is -2.35. The summed E-state index contributed by atoms with van der Waals surface area (Å²) >= 11 is 0. The van der Waals surface area contributed by atoms with E-state index in [1.54, 1.807) is 0 Å². The molecule has 0 spiro atoms. The number of piperidine rings is 1. The van der Waals surface area contributed by atoms with Gasteiger partial charge in [0.15, 0.2) is 0 Å². The summed E-state index contributed by atoms with van der Waals surface area (Å²) in [5.74, 6) is -1.96. The molecule has 0 radical (unpaired) electrons. The van der Waals surface area contributed by atoms with Crippen LogP contribution in [0, 0.1) is 0 Å². The van der Waals surface area contributed by atoms with E-state index in [1.807, 2.05) is 0 Å². The number of nitrogens with zero attached hydrogens (tertiary/aromatic N) is 1. The third kappa shape index (κ3) is 3.83. The van der Waals surface area contributed by atoms with E-state index in [0.29, 0.717) is 25.8 Å². The van der Waals surface area contributed by atoms with Crippen molar-refractivity contribution in [3.8, 4) is 0 Å². The molecule has 3 amide bonds. The van der Waals surface area contributed by atoms with Crippen LogP contribution in [0.4, 0.5) is 8.78 Å². The van der Waals surface area contributed by atoms with E-state index < -0.39 is 30.4 Å². The third-order valence-electron chi connectivity index (χ3n) is 4.18. The lowest BCUT2D eigenvalue weighted by atomic mass is 9.93. The van der Waals surface area contributed by atoms with Crippen LogP contribution >= 0.6 is 0 Å². The second-order valence-electron chi connectivity index (χ2n) is 5.71. The molecule has 0 bridgehead atoms. The molecule has 1 N–H and O–H groups in total. The molecule has 0 aromatic rings. The number of allylic oxidation sites excluding steroid dienone is 2. The fourth-order valence-corrected chi connectivity index (χ4v) is 3.03. The summed E-state index contributed by atoms with van der Waals surface area (Å²) in [4.78, 5) is 37.4. The summed E-state index contributed by atoms with van der Waals surface area (Å²) in [7, 11) is 0. The Kier molecular flexibility index (Phi) is 5.63. The zero-order valence-corrected chi connectivity index (χ0v) is 13.0. The number of likely N-dealkylation sites (tertiary alicyclic amines) is 1. The quantitative estimate of drug-likeness (QED) is 0.623. The first kappa shape index (κ1) is 17.3. The maximum absolute atomic E-state index is 13.8. The summed E-state index contributed by atoms with van der Waals surface area (Å²) < 4.78 is 26.6. The van der Waals surface area contributed by atoms with Crippen molar-refractivity contribution in [2.45, 2.75) is 45.1 Å². The van der Waals surface area contributed by atoms with Crippen molar-refractivity contribution in [1.82, 2.24) is 10.2 Å². The fraction of sp³-hybridized carbons (Fsp3) is 0.562. The van der Waals surface area contributed by atoms with Gasteiger partial charge in [-0.25, -0.2) is 8.78 Å². The number of hydrogen-bond acceptors (Lipinski definition) is 3. The Morgan fingerprint density at radius 3 is 2.65 bits per heavy atom. The monoisotopic (exact) mass is 326 g/mol. The number of carbonyl (C=O) groups excluding carboxylic acids is 3. The molecule has 0 saturated carbocycles. The van der Waals surface area contributed by atoms with Crippen LogP contribution in [0.15, 0.2) is 23.0 Å². The second-order valence-corrected chi connectivity index (χ2v) is 5.71. The van der Waals surface area contributed by atoms with Gasteiger partial charge in [-0.1, -0.05) is 0 Å². The largest absolute Gasteiger partial charge is 0.327 e. The average molecular weight is 326 g/mol. The van der Waals surface area contributed by atoms with Crippen molar-refractivity contribution in [2.75, 3.05) is 13.2 Å². The molecule has 0 aromatic heterocycles. The molecule has 5 nitrogen and oxygen atoms in total. The predicted octanol–water partition coefficient (Wildman–Crippen LogP) is 1.94. The topological polar surface area (TPSA) is 66.5 Å². The zero-order chi connectivity index (χ0) is 17.0. The van der Waals surface area contributed by atoms with Crippen LogP contribution in [0.25, 0.3) is 0 Å². The smallest absolute Gasteiger partial charge is 0.254 e. The molecule has 1 atom stereocenters. The first-order valence-corrected chi connectivity index (χ1v) is 7.72. The van der Waals surface area contributed by atoms with Gasteiger partial charge in [0, 0.05) is 18.5 Å². The SMILES string of the molecule is C/C(F)=C1/CCCCN(C2CCC(=O)NC2=O)C(=O)/C1=C/CF. The van der Waals surface area contributed by atoms with Crippen molar-refractivity contribution in [1.29, 1.82) is 0 Å². The summed E-state index contributed by atoms with van der Waals surface area (Å²) in [6.07, 6.45) is 3.05. The molecule has 2 heterocycles. The maximum atomic E-state index is 13.8. The average Bonchev–Trinajstić information content (AvgIpc) is 2.48. The molecule has 23 heavy (non-hydrogen) atoms. The minimum absolute atomic E-state index is 0.0168. The number of alkyl halides is 1. The van der Waals surface area contributed by atoms with Crippen LogP contribution in [0.1, 0.15) is 39.0 Å². The molecule has 2 fully saturated rings. The van der Waals surface area contributed by atoms with E-state index in [-0.39, 0.29) is 29.9 Å². The molecule has 7 heteroatoms. The Hall–Kier alpha value is -2.05. The van der Waals surface area contributed by atoms with E-state index in [1.165, 1.54) is 11.8 Å². The Morgan fingerprint density at radius 1 is 1.30 bits per heavy atom. The molecule has 2 saturated heterocycles. The highest BCUT2D eigenvalue weighted by atomic mass is 19.1. The van der Waals surface area contributed by atoms with Gasteiger partial charge in [-0.05, 0) is 44.3 Å². The van der Waals surface area contributed by atoms with Gasteiger partial charge in [-0.3, -0.25) is 19.7 Å². The van der Waals surface area contributed by atoms with Crippen molar-refractivity contribution in [3.05, 3.63) is 23.0 Å². The van der Waals surface area contributed by atoms with E-state index in [4.69, 9.17) is 0 Å². The number of carbonyl (C=O) groups is 3. The first-order chi connectivity index (χ1) is 11.0. The molecule has 2 aliphatic rings. The number of imide groups is 1. The zero-order valence-electron chi connectivity index (χ0n) is 13.0. The Balaban J connectivity index is 2.34. The van der Waals surface area contributed by atoms with Crippen LogP contribution in [0.2, 0.25) is 0 Å². The van der Waals surface area contributed by atoms with Crippen LogP contribution in [0.5, 0.6) is 0 Å². The number of nitrogens with one attached hydrogen (secondary N) is 1. The minimum atomic E-state index is -0.888. The minimum Gasteiger partial charge on any atom is -0.327 e.